The molecule has 1 aromatic carbocycles. The molecule has 0 spiro atoms. The Kier molecular flexibility index (Phi) is 10.4. The van der Waals surface area contributed by atoms with Gasteiger partial charge >= 0.3 is 5.97 Å². The Bertz CT molecular complexity index is 1020. The quantitative estimate of drug-likeness (QED) is 0.196. The minimum Gasteiger partial charge on any atom is -0.508 e. The first kappa shape index (κ1) is 28.3. The Morgan fingerprint density at radius 3 is 2.14 bits per heavy atom. The summed E-state index contributed by atoms with van der Waals surface area (Å²) in [6.45, 7) is 5.10. The molecule has 4 unspecified atom stereocenters. The fourth-order valence-electron chi connectivity index (χ4n) is 3.45. The molecule has 196 valence electrons. The average Bonchev–Trinajstić information content (AvgIpc) is 3.32. The summed E-state index contributed by atoms with van der Waals surface area (Å²) in [4.78, 5) is 56.5. The predicted molar refractivity (Wildman–Crippen MR) is 131 cm³/mol. The molecule has 1 heterocycles. The van der Waals surface area contributed by atoms with Crippen molar-refractivity contribution < 1.29 is 29.4 Å². The average molecular weight is 503 g/mol. The second-order valence-electron chi connectivity index (χ2n) is 9.08. The minimum absolute atomic E-state index is 0.0380. The molecule has 4 atom stereocenters. The number of phenols is 1. The number of aromatic nitrogens is 2. The molecule has 0 aliphatic rings. The fraction of sp³-hybridized carbons (Fsp3) is 0.458. The van der Waals surface area contributed by atoms with Crippen LogP contribution in [0.15, 0.2) is 36.8 Å². The van der Waals surface area contributed by atoms with Gasteiger partial charge in [-0.25, -0.2) is 9.78 Å². The third-order valence-electron chi connectivity index (χ3n) is 5.41. The molecule has 0 saturated carbocycles. The van der Waals surface area contributed by atoms with Gasteiger partial charge in [0.15, 0.2) is 0 Å². The van der Waals surface area contributed by atoms with E-state index in [1.54, 1.807) is 12.1 Å². The zero-order chi connectivity index (χ0) is 26.8. The van der Waals surface area contributed by atoms with Crippen molar-refractivity contribution >= 4 is 23.7 Å². The van der Waals surface area contributed by atoms with Gasteiger partial charge in [0.1, 0.15) is 23.9 Å². The summed E-state index contributed by atoms with van der Waals surface area (Å²) >= 11 is 0. The number of nitrogens with two attached hydrogens (primary N) is 1. The molecule has 1 aromatic heterocycles. The van der Waals surface area contributed by atoms with Crippen LogP contribution >= 0.6 is 0 Å². The Labute approximate surface area is 209 Å². The summed E-state index contributed by atoms with van der Waals surface area (Å²) in [5.41, 5.74) is 7.33. The Morgan fingerprint density at radius 2 is 1.58 bits per heavy atom. The van der Waals surface area contributed by atoms with Crippen molar-refractivity contribution in [3.8, 4) is 5.75 Å². The van der Waals surface area contributed by atoms with Crippen molar-refractivity contribution in [2.24, 2.45) is 11.7 Å². The molecule has 2 aromatic rings. The lowest BCUT2D eigenvalue weighted by Gasteiger charge is -2.23. The number of H-pyrrole nitrogens is 1. The Morgan fingerprint density at radius 1 is 0.944 bits per heavy atom. The van der Waals surface area contributed by atoms with E-state index in [4.69, 9.17) is 5.73 Å². The van der Waals surface area contributed by atoms with E-state index in [1.807, 2.05) is 13.8 Å². The van der Waals surface area contributed by atoms with E-state index in [0.717, 1.165) is 5.56 Å². The molecule has 0 aliphatic carbocycles. The lowest BCUT2D eigenvalue weighted by molar-refractivity contribution is -0.142. The van der Waals surface area contributed by atoms with Crippen LogP contribution in [0.3, 0.4) is 0 Å². The van der Waals surface area contributed by atoms with Gasteiger partial charge in [-0.2, -0.15) is 0 Å². The number of rotatable bonds is 13. The van der Waals surface area contributed by atoms with Crippen molar-refractivity contribution in [2.75, 3.05) is 0 Å². The maximum atomic E-state index is 13.0. The summed E-state index contributed by atoms with van der Waals surface area (Å²) in [5, 5.41) is 26.3. The Hall–Kier alpha value is -3.93. The number of hydrogen-bond acceptors (Lipinski definition) is 7. The first-order valence-corrected chi connectivity index (χ1v) is 11.6. The molecule has 36 heavy (non-hydrogen) atoms. The Balaban J connectivity index is 2.05. The number of imidazole rings is 1. The number of carbonyl (C=O) groups is 4. The normalized spacial score (nSPS) is 14.4. The second-order valence-corrected chi connectivity index (χ2v) is 9.08. The molecule has 0 aliphatic heterocycles. The number of aromatic hydroxyl groups is 1. The maximum absolute atomic E-state index is 13.0. The molecular weight excluding hydrogens is 468 g/mol. The third kappa shape index (κ3) is 9.02. The van der Waals surface area contributed by atoms with E-state index in [1.165, 1.54) is 31.6 Å². The van der Waals surface area contributed by atoms with Gasteiger partial charge in [0, 0.05) is 18.3 Å². The summed E-state index contributed by atoms with van der Waals surface area (Å²) in [6, 6.07) is 2.05. The third-order valence-corrected chi connectivity index (χ3v) is 5.41. The molecule has 3 amide bonds. The van der Waals surface area contributed by atoms with Crippen molar-refractivity contribution in [3.63, 3.8) is 0 Å². The summed E-state index contributed by atoms with van der Waals surface area (Å²) < 4.78 is 0. The van der Waals surface area contributed by atoms with Crippen LogP contribution in [0.5, 0.6) is 5.75 Å². The van der Waals surface area contributed by atoms with Gasteiger partial charge in [-0.1, -0.05) is 26.0 Å². The number of carbonyl (C=O) groups excluding carboxylic acids is 3. The standard InChI is InChI=1S/C24H34N6O6/c1-13(2)8-20(24(35)36)30-21(32)14(3)28-23(34)19(10-16-11-26-12-27-16)29-22(33)18(25)9-15-4-6-17(31)7-5-15/h4-7,11-14,18-20,31H,8-10,25H2,1-3H3,(H,26,27)(H,28,34)(H,29,33)(H,30,32)(H,35,36). The molecule has 8 N–H and O–H groups in total. The molecular formula is C24H34N6O6. The van der Waals surface area contributed by atoms with E-state index in [9.17, 15) is 29.4 Å². The van der Waals surface area contributed by atoms with Crippen LogP contribution in [-0.4, -0.2) is 68.0 Å². The topological polar surface area (TPSA) is 200 Å². The highest BCUT2D eigenvalue weighted by molar-refractivity contribution is 5.94. The molecule has 0 saturated heterocycles. The molecule has 0 bridgehead atoms. The van der Waals surface area contributed by atoms with Crippen molar-refractivity contribution in [2.45, 2.75) is 64.2 Å². The SMILES string of the molecule is CC(C)CC(NC(=O)C(C)NC(=O)C(Cc1cnc[nH]1)NC(=O)C(N)Cc1ccc(O)cc1)C(=O)O. The highest BCUT2D eigenvalue weighted by Crippen LogP contribution is 2.11. The molecule has 12 nitrogen and oxygen atoms in total. The van der Waals surface area contributed by atoms with Crippen LogP contribution < -0.4 is 21.7 Å². The number of aromatic amines is 1. The number of amides is 3. The highest BCUT2D eigenvalue weighted by Gasteiger charge is 2.29. The van der Waals surface area contributed by atoms with Crippen molar-refractivity contribution in [1.29, 1.82) is 0 Å². The van der Waals surface area contributed by atoms with E-state index in [2.05, 4.69) is 25.9 Å². The van der Waals surface area contributed by atoms with Gasteiger partial charge in [0.2, 0.25) is 17.7 Å². The lowest BCUT2D eigenvalue weighted by Crippen LogP contribution is -2.57. The van der Waals surface area contributed by atoms with Crippen LogP contribution in [0.25, 0.3) is 0 Å². The number of hydrogen-bond donors (Lipinski definition) is 7. The van der Waals surface area contributed by atoms with Crippen LogP contribution in [0, 0.1) is 5.92 Å². The summed E-state index contributed by atoms with van der Waals surface area (Å²) in [5.74, 6) is -2.92. The number of nitrogens with zero attached hydrogens (tertiary/aromatic N) is 1. The lowest BCUT2D eigenvalue weighted by atomic mass is 10.0. The van der Waals surface area contributed by atoms with Gasteiger partial charge in [0.25, 0.3) is 0 Å². The summed E-state index contributed by atoms with van der Waals surface area (Å²) in [7, 11) is 0. The van der Waals surface area contributed by atoms with Crippen molar-refractivity contribution in [3.05, 3.63) is 48.0 Å². The molecule has 12 heteroatoms. The van der Waals surface area contributed by atoms with Gasteiger partial charge in [-0.15, -0.1) is 0 Å². The van der Waals surface area contributed by atoms with E-state index < -0.39 is 47.9 Å². The first-order chi connectivity index (χ1) is 17.0. The zero-order valence-corrected chi connectivity index (χ0v) is 20.5. The second kappa shape index (κ2) is 13.2. The van der Waals surface area contributed by atoms with Gasteiger partial charge in [-0.3, -0.25) is 14.4 Å². The predicted octanol–water partition coefficient (Wildman–Crippen LogP) is -0.167. The fourth-order valence-corrected chi connectivity index (χ4v) is 3.45. The van der Waals surface area contributed by atoms with Gasteiger partial charge in [-0.05, 0) is 43.4 Å². The highest BCUT2D eigenvalue weighted by atomic mass is 16.4. The van der Waals surface area contributed by atoms with E-state index in [-0.39, 0.29) is 30.9 Å². The molecule has 0 radical (unpaired) electrons. The van der Waals surface area contributed by atoms with Crippen LogP contribution in [-0.2, 0) is 32.0 Å². The van der Waals surface area contributed by atoms with Crippen molar-refractivity contribution in [1.82, 2.24) is 25.9 Å². The number of carboxylic acids is 1. The number of benzene rings is 1. The first-order valence-electron chi connectivity index (χ1n) is 11.6. The maximum Gasteiger partial charge on any atom is 0.326 e. The van der Waals surface area contributed by atoms with E-state index in [0.29, 0.717) is 5.69 Å². The molecule has 2 rings (SSSR count). The van der Waals surface area contributed by atoms with Gasteiger partial charge < -0.3 is 36.9 Å². The number of aliphatic carboxylic acids is 1. The summed E-state index contributed by atoms with van der Waals surface area (Å²) in [6.07, 6.45) is 3.40. The smallest absolute Gasteiger partial charge is 0.326 e. The number of carboxylic acid groups (broad SMARTS) is 1. The van der Waals surface area contributed by atoms with Crippen LogP contribution in [0.2, 0.25) is 0 Å². The number of nitrogens with one attached hydrogen (secondary N) is 4. The van der Waals surface area contributed by atoms with Gasteiger partial charge in [0.05, 0.1) is 12.4 Å². The monoisotopic (exact) mass is 502 g/mol. The number of phenolic OH excluding ortho intramolecular Hbond substituents is 1. The van der Waals surface area contributed by atoms with Crippen LogP contribution in [0.4, 0.5) is 0 Å². The largest absolute Gasteiger partial charge is 0.508 e. The van der Waals surface area contributed by atoms with E-state index >= 15 is 0 Å². The zero-order valence-electron chi connectivity index (χ0n) is 20.5. The minimum atomic E-state index is -1.16. The van der Waals surface area contributed by atoms with Crippen LogP contribution in [0.1, 0.15) is 38.4 Å². The molecule has 0 fully saturated rings.